The van der Waals surface area contributed by atoms with Crippen LogP contribution < -0.4 is 5.73 Å². The first-order valence-electron chi connectivity index (χ1n) is 7.05. The molecule has 8 nitrogen and oxygen atoms in total. The van der Waals surface area contributed by atoms with Crippen molar-refractivity contribution in [1.82, 2.24) is 0 Å². The Hall–Kier alpha value is -0.770. The molecule has 6 N–H and O–H groups in total. The number of aliphatic carboxylic acids is 1. The maximum absolute atomic E-state index is 11.1. The highest BCUT2D eigenvalue weighted by Crippen LogP contribution is 2.53. The van der Waals surface area contributed by atoms with Crippen LogP contribution >= 0.6 is 0 Å². The molecule has 1 saturated heterocycles. The predicted octanol–water partition coefficient (Wildman–Crippen LogP) is -0.807. The molecule has 0 aromatic heterocycles. The first kappa shape index (κ1) is 19.3. The van der Waals surface area contributed by atoms with Crippen molar-refractivity contribution in [3.63, 3.8) is 0 Å². The summed E-state index contributed by atoms with van der Waals surface area (Å²) in [6.45, 7) is 7.46. The van der Waals surface area contributed by atoms with E-state index in [1.54, 1.807) is 0 Å². The van der Waals surface area contributed by atoms with Gasteiger partial charge in [0.15, 0.2) is 11.9 Å². The number of hydrogen-bond donors (Lipinski definition) is 5. The third kappa shape index (κ3) is 2.26. The molecule has 1 rings (SSSR count). The molecule has 0 saturated carbocycles. The fraction of sp³-hybridized carbons (Fsp3) is 0.929. The molecular formula is C14H27NO7. The first-order chi connectivity index (χ1) is 9.59. The zero-order valence-corrected chi connectivity index (χ0v) is 13.9. The van der Waals surface area contributed by atoms with Gasteiger partial charge in [0.25, 0.3) is 0 Å². The van der Waals surface area contributed by atoms with Gasteiger partial charge in [-0.05, 0) is 41.5 Å². The summed E-state index contributed by atoms with van der Waals surface area (Å²) in [7, 11) is 0. The van der Waals surface area contributed by atoms with Gasteiger partial charge in [-0.25, -0.2) is 4.79 Å². The maximum atomic E-state index is 11.1. The monoisotopic (exact) mass is 321 g/mol. The van der Waals surface area contributed by atoms with E-state index in [2.05, 4.69) is 0 Å². The lowest BCUT2D eigenvalue weighted by molar-refractivity contribution is -0.420. The molecule has 1 heterocycles. The fourth-order valence-electron chi connectivity index (χ4n) is 2.92. The Morgan fingerprint density at radius 3 is 2.05 bits per heavy atom. The second-order valence-electron chi connectivity index (χ2n) is 6.88. The molecule has 0 aromatic rings. The molecule has 8 heteroatoms. The van der Waals surface area contributed by atoms with Crippen LogP contribution in [0, 0.1) is 0 Å². The molecule has 0 aliphatic carbocycles. The van der Waals surface area contributed by atoms with Gasteiger partial charge in [-0.3, -0.25) is 0 Å². The SMILES string of the molecule is CC(OC1(C)C(C)(N)[C@@](C)(O)OC(C)(CO)[C@]1(C)O)C(=O)O. The maximum Gasteiger partial charge on any atom is 0.332 e. The topological polar surface area (TPSA) is 142 Å². The second-order valence-corrected chi connectivity index (χ2v) is 6.88. The summed E-state index contributed by atoms with van der Waals surface area (Å²) in [5.41, 5.74) is -0.740. The summed E-state index contributed by atoms with van der Waals surface area (Å²) in [6.07, 6.45) is -1.30. The largest absolute Gasteiger partial charge is 0.479 e. The predicted molar refractivity (Wildman–Crippen MR) is 77.0 cm³/mol. The lowest BCUT2D eigenvalue weighted by Gasteiger charge is -2.66. The molecule has 4 unspecified atom stereocenters. The van der Waals surface area contributed by atoms with Gasteiger partial charge in [-0.2, -0.15) is 0 Å². The Kier molecular flexibility index (Phi) is 4.49. The van der Waals surface area contributed by atoms with E-state index in [0.717, 1.165) is 0 Å². The quantitative estimate of drug-likeness (QED) is 0.452. The molecule has 1 fully saturated rings. The van der Waals surface area contributed by atoms with E-state index in [-0.39, 0.29) is 0 Å². The molecule has 0 amide bonds. The first-order valence-corrected chi connectivity index (χ1v) is 7.05. The normalized spacial score (nSPS) is 50.6. The highest BCUT2D eigenvalue weighted by atomic mass is 16.7. The van der Waals surface area contributed by atoms with Crippen molar-refractivity contribution in [2.45, 2.75) is 75.8 Å². The van der Waals surface area contributed by atoms with E-state index < -0.39 is 46.8 Å². The van der Waals surface area contributed by atoms with Gasteiger partial charge in [-0.15, -0.1) is 0 Å². The Balaban J connectivity index is 3.54. The molecule has 1 aliphatic rings. The summed E-state index contributed by atoms with van der Waals surface area (Å²) in [6, 6.07) is 0. The molecule has 6 atom stereocenters. The average Bonchev–Trinajstić information content (AvgIpc) is 2.35. The number of carboxylic acid groups (broad SMARTS) is 1. The van der Waals surface area contributed by atoms with Crippen LogP contribution in [0.3, 0.4) is 0 Å². The number of aliphatic hydroxyl groups excluding tert-OH is 1. The molecule has 1 aliphatic heterocycles. The zero-order chi connectivity index (χ0) is 17.8. The van der Waals surface area contributed by atoms with E-state index >= 15 is 0 Å². The molecule has 130 valence electrons. The standard InChI is InChI=1S/C14H27NO7/c1-8(9(17)18)21-13(5)11(3,15)14(6,20)22-10(2,7-16)12(13,4)19/h8,16,19-20H,7,15H2,1-6H3,(H,17,18)/t8?,10?,11?,12-,13?,14-/m0/s1. The van der Waals surface area contributed by atoms with E-state index in [4.69, 9.17) is 20.3 Å². The molecule has 0 bridgehead atoms. The minimum absolute atomic E-state index is 0.632. The van der Waals surface area contributed by atoms with Crippen LogP contribution in [0.2, 0.25) is 0 Å². The minimum Gasteiger partial charge on any atom is -0.479 e. The van der Waals surface area contributed by atoms with Crippen molar-refractivity contribution in [3.8, 4) is 0 Å². The number of ether oxygens (including phenoxy) is 2. The van der Waals surface area contributed by atoms with Crippen molar-refractivity contribution >= 4 is 5.97 Å². The van der Waals surface area contributed by atoms with Crippen LogP contribution in [0.5, 0.6) is 0 Å². The fourth-order valence-corrected chi connectivity index (χ4v) is 2.92. The molecule has 22 heavy (non-hydrogen) atoms. The third-order valence-corrected chi connectivity index (χ3v) is 5.40. The summed E-state index contributed by atoms with van der Waals surface area (Å²) >= 11 is 0. The number of rotatable bonds is 4. The van der Waals surface area contributed by atoms with Crippen LogP contribution in [-0.4, -0.2) is 67.2 Å². The van der Waals surface area contributed by atoms with Crippen LogP contribution in [0.15, 0.2) is 0 Å². The van der Waals surface area contributed by atoms with Crippen molar-refractivity contribution in [1.29, 1.82) is 0 Å². The van der Waals surface area contributed by atoms with Crippen LogP contribution in [0.1, 0.15) is 41.5 Å². The van der Waals surface area contributed by atoms with Gasteiger partial charge in [-0.1, -0.05) is 0 Å². The van der Waals surface area contributed by atoms with Crippen molar-refractivity contribution in [2.24, 2.45) is 5.73 Å². The van der Waals surface area contributed by atoms with E-state index in [1.807, 2.05) is 0 Å². The smallest absolute Gasteiger partial charge is 0.332 e. The molecule has 0 aromatic carbocycles. The number of hydrogen-bond acceptors (Lipinski definition) is 7. The van der Waals surface area contributed by atoms with Crippen molar-refractivity contribution in [2.75, 3.05) is 6.61 Å². The summed E-state index contributed by atoms with van der Waals surface area (Å²) in [5.74, 6) is -3.23. The summed E-state index contributed by atoms with van der Waals surface area (Å²) < 4.78 is 11.1. The summed E-state index contributed by atoms with van der Waals surface area (Å²) in [4.78, 5) is 11.1. The molecule has 0 radical (unpaired) electrons. The minimum atomic E-state index is -1.99. The van der Waals surface area contributed by atoms with Gasteiger partial charge >= 0.3 is 5.97 Å². The number of nitrogens with two attached hydrogens (primary N) is 1. The van der Waals surface area contributed by atoms with Gasteiger partial charge in [0.2, 0.25) is 0 Å². The average molecular weight is 321 g/mol. The number of aliphatic hydroxyl groups is 3. The molecule has 0 spiro atoms. The zero-order valence-electron chi connectivity index (χ0n) is 13.9. The Morgan fingerprint density at radius 2 is 1.68 bits per heavy atom. The highest BCUT2D eigenvalue weighted by Gasteiger charge is 2.74. The number of carbonyl (C=O) groups is 1. The van der Waals surface area contributed by atoms with Crippen LogP contribution in [-0.2, 0) is 14.3 Å². The van der Waals surface area contributed by atoms with Crippen molar-refractivity contribution in [3.05, 3.63) is 0 Å². The lowest BCUT2D eigenvalue weighted by atomic mass is 9.59. The summed E-state index contributed by atoms with van der Waals surface area (Å²) in [5, 5.41) is 40.4. The Labute approximate surface area is 129 Å². The lowest BCUT2D eigenvalue weighted by Crippen LogP contribution is -2.88. The molecular weight excluding hydrogens is 294 g/mol. The van der Waals surface area contributed by atoms with E-state index in [9.17, 15) is 20.1 Å². The van der Waals surface area contributed by atoms with Crippen molar-refractivity contribution < 1.29 is 34.7 Å². The van der Waals surface area contributed by atoms with Crippen LogP contribution in [0.4, 0.5) is 0 Å². The highest BCUT2D eigenvalue weighted by molar-refractivity contribution is 5.71. The van der Waals surface area contributed by atoms with E-state index in [1.165, 1.54) is 41.5 Å². The van der Waals surface area contributed by atoms with Crippen LogP contribution in [0.25, 0.3) is 0 Å². The third-order valence-electron chi connectivity index (χ3n) is 5.40. The van der Waals surface area contributed by atoms with Gasteiger partial charge < -0.3 is 35.6 Å². The van der Waals surface area contributed by atoms with Gasteiger partial charge in [0, 0.05) is 0 Å². The Morgan fingerprint density at radius 1 is 1.23 bits per heavy atom. The Bertz CT molecular complexity index is 462. The van der Waals surface area contributed by atoms with Gasteiger partial charge in [0.05, 0.1) is 12.1 Å². The second kappa shape index (κ2) is 5.12. The van der Waals surface area contributed by atoms with Gasteiger partial charge in [0.1, 0.15) is 16.8 Å². The number of carboxylic acids is 1. The van der Waals surface area contributed by atoms with E-state index in [0.29, 0.717) is 0 Å².